The standard InChI is InChI=1S/C48H30/c1-2-15-31(16-3-1)46-40-25-10-12-27-42(40)47(43-28-13-11-26-41(43)46)33-18-14-17-32(29-33)44-30-45-36-21-5-4-19-34(36)35-20-6-8-23-38(35)48(45)39-24-9-7-22-37(39)44/h1-30H. The second kappa shape index (κ2) is 10.7. The number of fused-ring (bicyclic) bond motifs is 10. The van der Waals surface area contributed by atoms with E-state index in [9.17, 15) is 0 Å². The van der Waals surface area contributed by atoms with Crippen LogP contribution in [0.4, 0.5) is 0 Å². The summed E-state index contributed by atoms with van der Waals surface area (Å²) in [6.45, 7) is 0. The Morgan fingerprint density at radius 2 is 0.583 bits per heavy atom. The predicted octanol–water partition coefficient (Wildman–Crippen LogP) is 13.6. The maximum Gasteiger partial charge on any atom is -0.00199 e. The van der Waals surface area contributed by atoms with Gasteiger partial charge in [0, 0.05) is 0 Å². The molecule has 0 atom stereocenters. The quantitative estimate of drug-likeness (QED) is 0.139. The molecule has 48 heavy (non-hydrogen) atoms. The van der Waals surface area contributed by atoms with E-state index in [1.54, 1.807) is 0 Å². The molecule has 0 bridgehead atoms. The Labute approximate surface area is 279 Å². The fourth-order valence-electron chi connectivity index (χ4n) is 8.20. The predicted molar refractivity (Wildman–Crippen MR) is 208 cm³/mol. The summed E-state index contributed by atoms with van der Waals surface area (Å²) in [7, 11) is 0. The lowest BCUT2D eigenvalue weighted by Crippen LogP contribution is -1.91. The first kappa shape index (κ1) is 26.9. The van der Waals surface area contributed by atoms with Gasteiger partial charge >= 0.3 is 0 Å². The average Bonchev–Trinajstić information content (AvgIpc) is 3.17. The molecule has 0 aliphatic rings. The third-order valence-corrected chi connectivity index (χ3v) is 10.2. The summed E-state index contributed by atoms with van der Waals surface area (Å²) >= 11 is 0. The van der Waals surface area contributed by atoms with E-state index >= 15 is 0 Å². The molecule has 0 heteroatoms. The molecule has 10 rings (SSSR count). The first-order chi connectivity index (χ1) is 23.8. The van der Waals surface area contributed by atoms with Gasteiger partial charge in [-0.05, 0) is 110 Å². The molecule has 0 radical (unpaired) electrons. The minimum atomic E-state index is 1.23. The Balaban J connectivity index is 1.29. The minimum absolute atomic E-state index is 1.23. The summed E-state index contributed by atoms with van der Waals surface area (Å²) in [6, 6.07) is 67.0. The van der Waals surface area contributed by atoms with Crippen molar-refractivity contribution in [3.63, 3.8) is 0 Å². The molecule has 0 aromatic heterocycles. The Morgan fingerprint density at radius 1 is 0.208 bits per heavy atom. The van der Waals surface area contributed by atoms with Crippen LogP contribution in [-0.4, -0.2) is 0 Å². The smallest absolute Gasteiger partial charge is 0.00199 e. The molecule has 0 fully saturated rings. The van der Waals surface area contributed by atoms with Gasteiger partial charge in [-0.15, -0.1) is 0 Å². The monoisotopic (exact) mass is 606 g/mol. The van der Waals surface area contributed by atoms with E-state index in [-0.39, 0.29) is 0 Å². The summed E-state index contributed by atoms with van der Waals surface area (Å²) < 4.78 is 0. The maximum absolute atomic E-state index is 2.44. The second-order valence-electron chi connectivity index (χ2n) is 12.8. The Morgan fingerprint density at radius 3 is 1.17 bits per heavy atom. The maximum atomic E-state index is 2.44. The van der Waals surface area contributed by atoms with Crippen LogP contribution in [0.25, 0.3) is 98.0 Å². The number of rotatable bonds is 3. The Hall–Kier alpha value is -6.24. The first-order valence-electron chi connectivity index (χ1n) is 16.7. The molecule has 10 aromatic carbocycles. The van der Waals surface area contributed by atoms with Gasteiger partial charge in [-0.1, -0.05) is 170 Å². The van der Waals surface area contributed by atoms with Gasteiger partial charge in [-0.25, -0.2) is 0 Å². The normalized spacial score (nSPS) is 11.8. The van der Waals surface area contributed by atoms with Crippen LogP contribution in [0.3, 0.4) is 0 Å². The van der Waals surface area contributed by atoms with Gasteiger partial charge in [0.15, 0.2) is 0 Å². The number of hydrogen-bond donors (Lipinski definition) is 0. The van der Waals surface area contributed by atoms with Crippen molar-refractivity contribution in [2.45, 2.75) is 0 Å². The van der Waals surface area contributed by atoms with Crippen LogP contribution in [0.5, 0.6) is 0 Å². The van der Waals surface area contributed by atoms with Gasteiger partial charge in [-0.2, -0.15) is 0 Å². The van der Waals surface area contributed by atoms with Crippen molar-refractivity contribution in [2.24, 2.45) is 0 Å². The van der Waals surface area contributed by atoms with Crippen molar-refractivity contribution in [1.29, 1.82) is 0 Å². The van der Waals surface area contributed by atoms with Crippen LogP contribution in [0.15, 0.2) is 182 Å². The van der Waals surface area contributed by atoms with Crippen LogP contribution in [0.2, 0.25) is 0 Å². The van der Waals surface area contributed by atoms with Crippen LogP contribution in [0.1, 0.15) is 0 Å². The summed E-state index contributed by atoms with van der Waals surface area (Å²) in [5.41, 5.74) is 7.53. The lowest BCUT2D eigenvalue weighted by atomic mass is 9.84. The van der Waals surface area contributed by atoms with Gasteiger partial charge in [0.25, 0.3) is 0 Å². The van der Waals surface area contributed by atoms with Gasteiger partial charge in [-0.3, -0.25) is 0 Å². The van der Waals surface area contributed by atoms with Crippen molar-refractivity contribution < 1.29 is 0 Å². The molecule has 0 saturated carbocycles. The van der Waals surface area contributed by atoms with E-state index in [2.05, 4.69) is 182 Å². The van der Waals surface area contributed by atoms with Gasteiger partial charge < -0.3 is 0 Å². The van der Waals surface area contributed by atoms with E-state index < -0.39 is 0 Å². The highest BCUT2D eigenvalue weighted by Crippen LogP contribution is 2.46. The topological polar surface area (TPSA) is 0 Å². The molecule has 0 spiro atoms. The Bertz CT molecular complexity index is 2820. The summed E-state index contributed by atoms with van der Waals surface area (Å²) in [5, 5.41) is 15.5. The largest absolute Gasteiger partial charge is 0.0622 e. The summed E-state index contributed by atoms with van der Waals surface area (Å²) in [4.78, 5) is 0. The highest BCUT2D eigenvalue weighted by molar-refractivity contribution is 6.33. The number of hydrogen-bond acceptors (Lipinski definition) is 0. The fraction of sp³-hybridized carbons (Fsp3) is 0. The lowest BCUT2D eigenvalue weighted by Gasteiger charge is -2.19. The van der Waals surface area contributed by atoms with E-state index in [0.29, 0.717) is 0 Å². The highest BCUT2D eigenvalue weighted by atomic mass is 14.2. The van der Waals surface area contributed by atoms with Crippen LogP contribution >= 0.6 is 0 Å². The SMILES string of the molecule is c1ccc(-c2c3ccccc3c(-c3cccc(-c4cc5c6ccccc6c6ccccc6c5c5ccccc45)c3)c3ccccc23)cc1. The summed E-state index contributed by atoms with van der Waals surface area (Å²) in [5.74, 6) is 0. The third-order valence-electron chi connectivity index (χ3n) is 10.2. The molecular formula is C48H30. The molecule has 0 heterocycles. The molecule has 10 aromatic rings. The van der Waals surface area contributed by atoms with Crippen molar-refractivity contribution in [3.05, 3.63) is 182 Å². The average molecular weight is 607 g/mol. The van der Waals surface area contributed by atoms with Gasteiger partial charge in [0.1, 0.15) is 0 Å². The molecule has 0 unspecified atom stereocenters. The first-order valence-corrected chi connectivity index (χ1v) is 16.7. The molecule has 222 valence electrons. The van der Waals surface area contributed by atoms with E-state index in [1.165, 1.54) is 98.0 Å². The fourth-order valence-corrected chi connectivity index (χ4v) is 8.20. The van der Waals surface area contributed by atoms with Crippen molar-refractivity contribution in [3.8, 4) is 33.4 Å². The Kier molecular flexibility index (Phi) is 5.98. The molecule has 0 saturated heterocycles. The second-order valence-corrected chi connectivity index (χ2v) is 12.8. The van der Waals surface area contributed by atoms with E-state index in [1.807, 2.05) is 0 Å². The van der Waals surface area contributed by atoms with Gasteiger partial charge in [0.2, 0.25) is 0 Å². The van der Waals surface area contributed by atoms with Crippen LogP contribution in [0, 0.1) is 0 Å². The zero-order valence-corrected chi connectivity index (χ0v) is 26.3. The lowest BCUT2D eigenvalue weighted by molar-refractivity contribution is 1.64. The van der Waals surface area contributed by atoms with Crippen LogP contribution < -0.4 is 0 Å². The molecule has 0 amide bonds. The zero-order chi connectivity index (χ0) is 31.6. The molecule has 0 aliphatic heterocycles. The zero-order valence-electron chi connectivity index (χ0n) is 26.3. The van der Waals surface area contributed by atoms with Crippen molar-refractivity contribution in [1.82, 2.24) is 0 Å². The van der Waals surface area contributed by atoms with E-state index in [4.69, 9.17) is 0 Å². The molecule has 0 N–H and O–H groups in total. The van der Waals surface area contributed by atoms with Crippen molar-refractivity contribution >= 4 is 64.6 Å². The molecular weight excluding hydrogens is 577 g/mol. The summed E-state index contributed by atoms with van der Waals surface area (Å²) in [6.07, 6.45) is 0. The van der Waals surface area contributed by atoms with Gasteiger partial charge in [0.05, 0.1) is 0 Å². The molecule has 0 nitrogen and oxygen atoms in total. The molecule has 0 aliphatic carbocycles. The number of benzene rings is 10. The van der Waals surface area contributed by atoms with Crippen molar-refractivity contribution in [2.75, 3.05) is 0 Å². The third kappa shape index (κ3) is 3.96. The van der Waals surface area contributed by atoms with E-state index in [0.717, 1.165) is 0 Å². The minimum Gasteiger partial charge on any atom is -0.0622 e. The van der Waals surface area contributed by atoms with Crippen LogP contribution in [-0.2, 0) is 0 Å². The highest BCUT2D eigenvalue weighted by Gasteiger charge is 2.18.